The summed E-state index contributed by atoms with van der Waals surface area (Å²) >= 11 is 0. The minimum absolute atomic E-state index is 0.0866. The van der Waals surface area contributed by atoms with Gasteiger partial charge in [-0.25, -0.2) is 0 Å². The van der Waals surface area contributed by atoms with Gasteiger partial charge in [0, 0.05) is 0 Å². The van der Waals surface area contributed by atoms with Gasteiger partial charge in [-0.1, -0.05) is 13.8 Å². The molecule has 1 unspecified atom stereocenters. The average Bonchev–Trinajstić information content (AvgIpc) is 2.35. The van der Waals surface area contributed by atoms with E-state index in [0.717, 1.165) is 12.8 Å². The SMILES string of the molecule is CCC(CC)OC1O[C@H](CO)[C@@H](O)[C@H](O)[C@H]1O. The van der Waals surface area contributed by atoms with E-state index in [4.69, 9.17) is 14.6 Å². The van der Waals surface area contributed by atoms with Gasteiger partial charge in [0.25, 0.3) is 0 Å². The third-order valence-electron chi connectivity index (χ3n) is 3.09. The van der Waals surface area contributed by atoms with Crippen molar-refractivity contribution in [3.63, 3.8) is 0 Å². The first-order chi connectivity index (χ1) is 8.04. The summed E-state index contributed by atoms with van der Waals surface area (Å²) in [5, 5.41) is 37.8. The maximum atomic E-state index is 9.72. The van der Waals surface area contributed by atoms with Gasteiger partial charge in [0.2, 0.25) is 0 Å². The molecule has 6 nitrogen and oxygen atoms in total. The molecule has 0 aliphatic carbocycles. The van der Waals surface area contributed by atoms with Crippen molar-refractivity contribution in [1.29, 1.82) is 0 Å². The van der Waals surface area contributed by atoms with Gasteiger partial charge >= 0.3 is 0 Å². The molecule has 1 rings (SSSR count). The van der Waals surface area contributed by atoms with Crippen molar-refractivity contribution in [2.75, 3.05) is 6.61 Å². The van der Waals surface area contributed by atoms with Crippen LogP contribution in [0.3, 0.4) is 0 Å². The van der Waals surface area contributed by atoms with Crippen LogP contribution in [-0.4, -0.2) is 63.8 Å². The molecule has 1 heterocycles. The third kappa shape index (κ3) is 3.37. The van der Waals surface area contributed by atoms with Crippen molar-refractivity contribution in [1.82, 2.24) is 0 Å². The van der Waals surface area contributed by atoms with Crippen molar-refractivity contribution in [2.45, 2.75) is 63.5 Å². The summed E-state index contributed by atoms with van der Waals surface area (Å²) < 4.78 is 10.7. The summed E-state index contributed by atoms with van der Waals surface area (Å²) in [4.78, 5) is 0. The zero-order valence-corrected chi connectivity index (χ0v) is 10.2. The smallest absolute Gasteiger partial charge is 0.186 e. The highest BCUT2D eigenvalue weighted by atomic mass is 16.7. The summed E-state index contributed by atoms with van der Waals surface area (Å²) in [5.74, 6) is 0. The highest BCUT2D eigenvalue weighted by molar-refractivity contribution is 4.89. The van der Waals surface area contributed by atoms with Gasteiger partial charge in [0.15, 0.2) is 6.29 Å². The van der Waals surface area contributed by atoms with Crippen LogP contribution in [-0.2, 0) is 9.47 Å². The second-order valence-corrected chi connectivity index (χ2v) is 4.27. The number of aliphatic hydroxyl groups is 4. The molecule has 0 bridgehead atoms. The molecule has 1 fully saturated rings. The van der Waals surface area contributed by atoms with E-state index in [1.54, 1.807) is 0 Å². The third-order valence-corrected chi connectivity index (χ3v) is 3.09. The van der Waals surface area contributed by atoms with E-state index in [-0.39, 0.29) is 6.10 Å². The number of aliphatic hydroxyl groups excluding tert-OH is 4. The lowest BCUT2D eigenvalue weighted by Crippen LogP contribution is -2.59. The monoisotopic (exact) mass is 250 g/mol. The quantitative estimate of drug-likeness (QED) is 0.499. The molecule has 4 N–H and O–H groups in total. The molecular weight excluding hydrogens is 228 g/mol. The van der Waals surface area contributed by atoms with Crippen LogP contribution in [0.4, 0.5) is 0 Å². The number of hydrogen-bond donors (Lipinski definition) is 4. The van der Waals surface area contributed by atoms with Crippen molar-refractivity contribution >= 4 is 0 Å². The van der Waals surface area contributed by atoms with Gasteiger partial charge in [0.1, 0.15) is 24.4 Å². The highest BCUT2D eigenvalue weighted by Crippen LogP contribution is 2.23. The summed E-state index contributed by atoms with van der Waals surface area (Å²) in [5.41, 5.74) is 0. The Labute approximate surface area is 101 Å². The highest BCUT2D eigenvalue weighted by Gasteiger charge is 2.44. The summed E-state index contributed by atoms with van der Waals surface area (Å²) in [6.45, 7) is 3.45. The normalized spacial score (nSPS) is 38.6. The lowest BCUT2D eigenvalue weighted by Gasteiger charge is -2.40. The molecule has 1 aliphatic heterocycles. The first-order valence-corrected chi connectivity index (χ1v) is 6.01. The molecule has 1 saturated heterocycles. The van der Waals surface area contributed by atoms with E-state index in [1.807, 2.05) is 13.8 Å². The van der Waals surface area contributed by atoms with Gasteiger partial charge in [-0.15, -0.1) is 0 Å². The predicted octanol–water partition coefficient (Wildman–Crippen LogP) is -1.01. The van der Waals surface area contributed by atoms with E-state index in [0.29, 0.717) is 0 Å². The Morgan fingerprint density at radius 2 is 1.65 bits per heavy atom. The molecule has 0 aromatic heterocycles. The Kier molecular flexibility index (Phi) is 5.78. The van der Waals surface area contributed by atoms with E-state index in [1.165, 1.54) is 0 Å². The molecule has 5 atom stereocenters. The van der Waals surface area contributed by atoms with Crippen LogP contribution in [0.15, 0.2) is 0 Å². The van der Waals surface area contributed by atoms with Gasteiger partial charge < -0.3 is 29.9 Å². The molecule has 17 heavy (non-hydrogen) atoms. The van der Waals surface area contributed by atoms with E-state index in [9.17, 15) is 15.3 Å². The Balaban J connectivity index is 2.65. The van der Waals surface area contributed by atoms with Crippen LogP contribution < -0.4 is 0 Å². The fourth-order valence-electron chi connectivity index (χ4n) is 1.85. The van der Waals surface area contributed by atoms with Gasteiger partial charge in [0.05, 0.1) is 12.7 Å². The predicted molar refractivity (Wildman–Crippen MR) is 59.2 cm³/mol. The van der Waals surface area contributed by atoms with E-state index in [2.05, 4.69) is 0 Å². The van der Waals surface area contributed by atoms with Crippen LogP contribution in [0.5, 0.6) is 0 Å². The second-order valence-electron chi connectivity index (χ2n) is 4.27. The lowest BCUT2D eigenvalue weighted by atomic mass is 9.99. The minimum atomic E-state index is -1.37. The van der Waals surface area contributed by atoms with Crippen molar-refractivity contribution in [3.8, 4) is 0 Å². The fraction of sp³-hybridized carbons (Fsp3) is 1.00. The molecule has 0 amide bonds. The molecule has 102 valence electrons. The molecule has 0 spiro atoms. The van der Waals surface area contributed by atoms with Crippen LogP contribution in [0.25, 0.3) is 0 Å². The van der Waals surface area contributed by atoms with Crippen LogP contribution in [0.1, 0.15) is 26.7 Å². The lowest BCUT2D eigenvalue weighted by molar-refractivity contribution is -0.311. The fourth-order valence-corrected chi connectivity index (χ4v) is 1.85. The first kappa shape index (κ1) is 14.8. The summed E-state index contributed by atoms with van der Waals surface area (Å²) in [6.07, 6.45) is -4.53. The first-order valence-electron chi connectivity index (χ1n) is 6.01. The molecule has 0 saturated carbocycles. The molecule has 6 heteroatoms. The van der Waals surface area contributed by atoms with Crippen molar-refractivity contribution in [3.05, 3.63) is 0 Å². The Hall–Kier alpha value is -0.240. The largest absolute Gasteiger partial charge is 0.394 e. The second kappa shape index (κ2) is 6.63. The Morgan fingerprint density at radius 3 is 2.12 bits per heavy atom. The molecular formula is C11H22O6. The molecule has 0 aromatic carbocycles. The zero-order valence-electron chi connectivity index (χ0n) is 10.2. The number of hydrogen-bond acceptors (Lipinski definition) is 6. The Morgan fingerprint density at radius 1 is 1.06 bits per heavy atom. The molecule has 0 radical (unpaired) electrons. The average molecular weight is 250 g/mol. The Bertz CT molecular complexity index is 216. The van der Waals surface area contributed by atoms with Crippen molar-refractivity contribution < 1.29 is 29.9 Å². The van der Waals surface area contributed by atoms with E-state index < -0.39 is 37.3 Å². The van der Waals surface area contributed by atoms with Gasteiger partial charge in [-0.3, -0.25) is 0 Å². The topological polar surface area (TPSA) is 99.4 Å². The zero-order chi connectivity index (χ0) is 13.0. The van der Waals surface area contributed by atoms with Crippen LogP contribution >= 0.6 is 0 Å². The minimum Gasteiger partial charge on any atom is -0.394 e. The van der Waals surface area contributed by atoms with Gasteiger partial charge in [-0.05, 0) is 12.8 Å². The number of rotatable bonds is 5. The van der Waals surface area contributed by atoms with Crippen LogP contribution in [0, 0.1) is 0 Å². The summed E-state index contributed by atoms with van der Waals surface area (Å²) in [6, 6.07) is 0. The van der Waals surface area contributed by atoms with Crippen LogP contribution in [0.2, 0.25) is 0 Å². The standard InChI is InChI=1S/C11H22O6/c1-3-6(4-2)16-11-10(15)9(14)8(13)7(5-12)17-11/h6-15H,3-5H2,1-2H3/t7-,8-,9+,10-,11?/m1/s1. The maximum absolute atomic E-state index is 9.72. The van der Waals surface area contributed by atoms with E-state index >= 15 is 0 Å². The molecule has 1 aliphatic rings. The maximum Gasteiger partial charge on any atom is 0.186 e. The molecule has 0 aromatic rings. The summed E-state index contributed by atoms with van der Waals surface area (Å²) in [7, 11) is 0. The van der Waals surface area contributed by atoms with Gasteiger partial charge in [-0.2, -0.15) is 0 Å². The number of ether oxygens (including phenoxy) is 2. The van der Waals surface area contributed by atoms with Crippen molar-refractivity contribution in [2.24, 2.45) is 0 Å².